The number of rotatable bonds is 2. The van der Waals surface area contributed by atoms with Crippen molar-refractivity contribution in [2.45, 2.75) is 46.3 Å². The van der Waals surface area contributed by atoms with Crippen molar-refractivity contribution in [3.05, 3.63) is 24.6 Å². The molecule has 0 unspecified atom stereocenters. The highest BCUT2D eigenvalue weighted by Crippen LogP contribution is 2.15. The summed E-state index contributed by atoms with van der Waals surface area (Å²) in [5.74, 6) is 0.0949. The van der Waals surface area contributed by atoms with Crippen molar-refractivity contribution in [3.63, 3.8) is 0 Å². The number of allylic oxidation sites excluding steroid dienone is 1. The van der Waals surface area contributed by atoms with Gasteiger partial charge >= 0.3 is 0 Å². The van der Waals surface area contributed by atoms with E-state index >= 15 is 0 Å². The van der Waals surface area contributed by atoms with E-state index in [2.05, 4.69) is 13.2 Å². The normalized spacial score (nSPS) is 12.1. The predicted octanol–water partition coefficient (Wildman–Crippen LogP) is 3.13. The van der Waals surface area contributed by atoms with Crippen LogP contribution < -0.4 is 0 Å². The van der Waals surface area contributed by atoms with Gasteiger partial charge in [-0.3, -0.25) is 4.79 Å². The zero-order valence-corrected chi connectivity index (χ0v) is 12.5. The first kappa shape index (κ1) is 18.5. The van der Waals surface area contributed by atoms with Gasteiger partial charge in [-0.2, -0.15) is 0 Å². The van der Waals surface area contributed by atoms with Crippen molar-refractivity contribution >= 4 is 15.6 Å². The van der Waals surface area contributed by atoms with E-state index in [1.807, 2.05) is 20.8 Å². The lowest BCUT2D eigenvalue weighted by atomic mass is 9.91. The Balaban J connectivity index is 0. The second-order valence-corrected chi connectivity index (χ2v) is 8.29. The largest absolute Gasteiger partial charge is 0.294 e. The fourth-order valence-electron chi connectivity index (χ4n) is 0.556. The Morgan fingerprint density at radius 3 is 1.35 bits per heavy atom. The molecular formula is C13H24O3S. The first-order valence-corrected chi connectivity index (χ1v) is 6.88. The van der Waals surface area contributed by atoms with Crippen molar-refractivity contribution in [2.75, 3.05) is 0 Å². The van der Waals surface area contributed by atoms with Crippen LogP contribution in [0.1, 0.15) is 41.5 Å². The third kappa shape index (κ3) is 7.10. The van der Waals surface area contributed by atoms with E-state index in [1.54, 1.807) is 20.8 Å². The number of carbonyl (C=O) groups excluding carboxylic acids is 1. The van der Waals surface area contributed by atoms with Gasteiger partial charge in [0.25, 0.3) is 0 Å². The molecule has 0 saturated heterocycles. The number of hydrogen-bond donors (Lipinski definition) is 0. The van der Waals surface area contributed by atoms with Crippen LogP contribution in [0, 0.1) is 5.41 Å². The van der Waals surface area contributed by atoms with Gasteiger partial charge in [0.05, 0.1) is 4.75 Å². The molecule has 0 bridgehead atoms. The second-order valence-electron chi connectivity index (χ2n) is 5.64. The van der Waals surface area contributed by atoms with Crippen LogP contribution >= 0.6 is 0 Å². The Hall–Kier alpha value is -0.900. The number of hydrogen-bond acceptors (Lipinski definition) is 3. The quantitative estimate of drug-likeness (QED) is 0.717. The van der Waals surface area contributed by atoms with Crippen LogP contribution in [0.25, 0.3) is 0 Å². The standard InChI is InChI=1S/C7H12O.C6H12O2S/c1-5-6(8)7(2,3)4;1-5-9(7,8)6(2,3)4/h5H,1H2,2-4H3;5H,1H2,2-4H3. The van der Waals surface area contributed by atoms with Gasteiger partial charge < -0.3 is 0 Å². The molecule has 0 atom stereocenters. The summed E-state index contributed by atoms with van der Waals surface area (Å²) in [5, 5.41) is 0.993. The fourth-order valence-corrected chi connectivity index (χ4v) is 1.06. The Morgan fingerprint density at radius 2 is 1.35 bits per heavy atom. The van der Waals surface area contributed by atoms with Crippen molar-refractivity contribution in [1.82, 2.24) is 0 Å². The lowest BCUT2D eigenvalue weighted by Gasteiger charge is -2.14. The van der Waals surface area contributed by atoms with Crippen LogP contribution in [0.2, 0.25) is 0 Å². The molecule has 0 aliphatic carbocycles. The maximum Gasteiger partial charge on any atom is 0.175 e. The number of carbonyl (C=O) groups is 1. The summed E-state index contributed by atoms with van der Waals surface area (Å²) in [6.07, 6.45) is 1.36. The van der Waals surface area contributed by atoms with E-state index in [0.29, 0.717) is 0 Å². The number of ketones is 1. The molecule has 17 heavy (non-hydrogen) atoms. The molecule has 0 heterocycles. The summed E-state index contributed by atoms with van der Waals surface area (Å²) >= 11 is 0. The summed E-state index contributed by atoms with van der Waals surface area (Å²) < 4.78 is 21.1. The maximum atomic E-state index is 10.9. The minimum atomic E-state index is -3.07. The van der Waals surface area contributed by atoms with Crippen molar-refractivity contribution in [3.8, 4) is 0 Å². The van der Waals surface area contributed by atoms with Crippen LogP contribution in [0.5, 0.6) is 0 Å². The highest BCUT2D eigenvalue weighted by atomic mass is 32.2. The molecule has 0 aromatic rings. The lowest BCUT2D eigenvalue weighted by molar-refractivity contribution is -0.121. The average Bonchev–Trinajstić information content (AvgIpc) is 2.14. The van der Waals surface area contributed by atoms with Crippen LogP contribution in [-0.4, -0.2) is 18.9 Å². The molecule has 0 fully saturated rings. The topological polar surface area (TPSA) is 51.2 Å². The highest BCUT2D eigenvalue weighted by molar-refractivity contribution is 7.95. The molecule has 100 valence electrons. The molecule has 0 aromatic carbocycles. The third-order valence-corrected chi connectivity index (χ3v) is 4.14. The molecule has 4 heteroatoms. The lowest BCUT2D eigenvalue weighted by Crippen LogP contribution is -2.25. The number of sulfone groups is 1. The van der Waals surface area contributed by atoms with Gasteiger partial charge in [0.1, 0.15) is 0 Å². The Labute approximate surface area is 106 Å². The highest BCUT2D eigenvalue weighted by Gasteiger charge is 2.25. The van der Waals surface area contributed by atoms with Crippen LogP contribution in [-0.2, 0) is 14.6 Å². The van der Waals surface area contributed by atoms with Crippen molar-refractivity contribution in [1.29, 1.82) is 0 Å². The molecular weight excluding hydrogens is 236 g/mol. The van der Waals surface area contributed by atoms with Gasteiger partial charge in [0.2, 0.25) is 0 Å². The van der Waals surface area contributed by atoms with E-state index in [-0.39, 0.29) is 11.2 Å². The molecule has 0 spiro atoms. The zero-order valence-electron chi connectivity index (χ0n) is 11.7. The van der Waals surface area contributed by atoms with E-state index in [9.17, 15) is 13.2 Å². The van der Waals surface area contributed by atoms with Gasteiger partial charge in [-0.05, 0) is 26.8 Å². The summed E-state index contributed by atoms with van der Waals surface area (Å²) in [7, 11) is -3.07. The SMILES string of the molecule is C=CC(=O)C(C)(C)C.C=CS(=O)(=O)C(C)(C)C. The summed E-state index contributed by atoms with van der Waals surface area (Å²) in [4.78, 5) is 10.7. The van der Waals surface area contributed by atoms with Gasteiger partial charge in [-0.25, -0.2) is 8.42 Å². The molecule has 0 aromatic heterocycles. The van der Waals surface area contributed by atoms with Crippen LogP contribution in [0.3, 0.4) is 0 Å². The summed E-state index contributed by atoms with van der Waals surface area (Å²) in [6, 6.07) is 0. The van der Waals surface area contributed by atoms with Gasteiger partial charge in [0.15, 0.2) is 15.6 Å². The smallest absolute Gasteiger partial charge is 0.175 e. The van der Waals surface area contributed by atoms with E-state index < -0.39 is 14.6 Å². The molecule has 0 radical (unpaired) electrons. The second kappa shape index (κ2) is 6.15. The van der Waals surface area contributed by atoms with Crippen LogP contribution in [0.15, 0.2) is 24.6 Å². The zero-order chi connectivity index (χ0) is 14.5. The van der Waals surface area contributed by atoms with Crippen molar-refractivity contribution in [2.24, 2.45) is 5.41 Å². The Bertz CT molecular complexity index is 376. The Morgan fingerprint density at radius 1 is 1.00 bits per heavy atom. The monoisotopic (exact) mass is 260 g/mol. The third-order valence-electron chi connectivity index (χ3n) is 2.00. The summed E-state index contributed by atoms with van der Waals surface area (Å²) in [6.45, 7) is 17.1. The predicted molar refractivity (Wildman–Crippen MR) is 73.5 cm³/mol. The Kier molecular flexibility index (Phi) is 6.68. The van der Waals surface area contributed by atoms with E-state index in [0.717, 1.165) is 5.41 Å². The molecule has 0 N–H and O–H groups in total. The van der Waals surface area contributed by atoms with Gasteiger partial charge in [0, 0.05) is 10.8 Å². The van der Waals surface area contributed by atoms with E-state index in [1.165, 1.54) is 6.08 Å². The van der Waals surface area contributed by atoms with Gasteiger partial charge in [-0.1, -0.05) is 33.9 Å². The minimum Gasteiger partial charge on any atom is -0.294 e. The first-order valence-electron chi connectivity index (χ1n) is 5.33. The first-order chi connectivity index (χ1) is 7.29. The van der Waals surface area contributed by atoms with E-state index in [4.69, 9.17) is 0 Å². The van der Waals surface area contributed by atoms with Gasteiger partial charge in [-0.15, -0.1) is 0 Å². The minimum absolute atomic E-state index is 0.0949. The molecule has 0 rings (SSSR count). The molecule has 0 aliphatic heterocycles. The molecule has 0 saturated carbocycles. The van der Waals surface area contributed by atoms with Crippen LogP contribution in [0.4, 0.5) is 0 Å². The molecule has 3 nitrogen and oxygen atoms in total. The molecule has 0 amide bonds. The summed E-state index contributed by atoms with van der Waals surface area (Å²) in [5.41, 5.74) is -0.248. The van der Waals surface area contributed by atoms with Crippen molar-refractivity contribution < 1.29 is 13.2 Å². The fraction of sp³-hybridized carbons (Fsp3) is 0.615. The molecule has 0 aliphatic rings. The maximum absolute atomic E-state index is 10.9. The average molecular weight is 260 g/mol.